The van der Waals surface area contributed by atoms with Crippen LogP contribution in [0.5, 0.6) is 0 Å². The number of ether oxygens (including phenoxy) is 1. The maximum atomic E-state index is 13.6. The lowest BCUT2D eigenvalue weighted by Crippen LogP contribution is -2.44. The van der Waals surface area contributed by atoms with Crippen LogP contribution in [0, 0.1) is 0 Å². The Labute approximate surface area is 199 Å². The Kier molecular flexibility index (Phi) is 5.37. The topological polar surface area (TPSA) is 84.7 Å². The first-order valence-electron chi connectivity index (χ1n) is 12.0. The number of rotatable bonds is 5. The summed E-state index contributed by atoms with van der Waals surface area (Å²) in [5.41, 5.74) is 3.09. The minimum atomic E-state index is -1.82. The number of para-hydroxylation sites is 1. The standard InChI is InChI=1S/C27H31N3O4/c1-6-27(33)21-11-23-24-19(13-30(23)25(31)20(21)14-34-26(27)32)18(12-29(15(2)3)16(4)5)17-9-7-8-10-22(17)28-24/h7-11,15-16,33H,6,12-14H2,1-5H3/t27-/m0/s1. The van der Waals surface area contributed by atoms with Crippen molar-refractivity contribution in [3.8, 4) is 11.4 Å². The van der Waals surface area contributed by atoms with Gasteiger partial charge in [0.1, 0.15) is 6.61 Å². The number of hydrogen-bond acceptors (Lipinski definition) is 6. The lowest BCUT2D eigenvalue weighted by atomic mass is 9.86. The fraction of sp³-hybridized carbons (Fsp3) is 0.444. The van der Waals surface area contributed by atoms with Crippen LogP contribution in [-0.2, 0) is 34.8 Å². The number of pyridine rings is 2. The molecule has 1 atom stereocenters. The molecule has 0 saturated heterocycles. The molecule has 2 aliphatic heterocycles. The molecule has 5 rings (SSSR count). The van der Waals surface area contributed by atoms with Gasteiger partial charge in [0.25, 0.3) is 5.56 Å². The first-order valence-corrected chi connectivity index (χ1v) is 12.0. The second kappa shape index (κ2) is 8.03. The highest BCUT2D eigenvalue weighted by Gasteiger charge is 2.45. The summed E-state index contributed by atoms with van der Waals surface area (Å²) >= 11 is 0. The Bertz CT molecular complexity index is 1370. The number of hydrogen-bond donors (Lipinski definition) is 1. The van der Waals surface area contributed by atoms with Crippen LogP contribution >= 0.6 is 0 Å². The molecule has 4 heterocycles. The van der Waals surface area contributed by atoms with Crippen LogP contribution in [0.1, 0.15) is 63.3 Å². The van der Waals surface area contributed by atoms with Gasteiger partial charge < -0.3 is 14.4 Å². The van der Waals surface area contributed by atoms with Gasteiger partial charge in [-0.2, -0.15) is 0 Å². The van der Waals surface area contributed by atoms with Gasteiger partial charge in [-0.1, -0.05) is 25.1 Å². The highest BCUT2D eigenvalue weighted by atomic mass is 16.6. The van der Waals surface area contributed by atoms with Crippen molar-refractivity contribution >= 4 is 16.9 Å². The molecule has 2 aromatic heterocycles. The normalized spacial score (nSPS) is 19.0. The number of nitrogens with zero attached hydrogens (tertiary/aromatic N) is 3. The van der Waals surface area contributed by atoms with Gasteiger partial charge in [0, 0.05) is 35.1 Å². The van der Waals surface area contributed by atoms with Crippen molar-refractivity contribution in [3.05, 3.63) is 62.9 Å². The average molecular weight is 462 g/mol. The maximum absolute atomic E-state index is 13.6. The Morgan fingerprint density at radius 1 is 1.15 bits per heavy atom. The van der Waals surface area contributed by atoms with E-state index in [2.05, 4.69) is 38.7 Å². The quantitative estimate of drug-likeness (QED) is 0.456. The molecular formula is C27H31N3O4. The first kappa shape index (κ1) is 22.7. The van der Waals surface area contributed by atoms with E-state index in [-0.39, 0.29) is 18.6 Å². The molecule has 0 saturated carbocycles. The lowest BCUT2D eigenvalue weighted by molar-refractivity contribution is -0.172. The number of carbonyl (C=O) groups excluding carboxylic acids is 1. The smallest absolute Gasteiger partial charge is 0.343 e. The van der Waals surface area contributed by atoms with Crippen LogP contribution in [0.4, 0.5) is 0 Å². The van der Waals surface area contributed by atoms with E-state index in [1.807, 2.05) is 18.2 Å². The predicted octanol–water partition coefficient (Wildman–Crippen LogP) is 3.70. The summed E-state index contributed by atoms with van der Waals surface area (Å²) < 4.78 is 6.91. The SMILES string of the molecule is CC[C@@]1(O)C(=O)OCc2c1cc1n(c2=O)Cc2c-1nc1ccccc1c2CN(C(C)C)C(C)C. The molecule has 0 amide bonds. The molecule has 3 aromatic rings. The molecule has 0 unspecified atom stereocenters. The van der Waals surface area contributed by atoms with E-state index in [0.717, 1.165) is 28.7 Å². The Balaban J connectivity index is 1.77. The van der Waals surface area contributed by atoms with Crippen LogP contribution in [0.3, 0.4) is 0 Å². The summed E-state index contributed by atoms with van der Waals surface area (Å²) in [5.74, 6) is -0.707. The molecule has 7 heteroatoms. The average Bonchev–Trinajstić information content (AvgIpc) is 3.17. The Morgan fingerprint density at radius 3 is 2.53 bits per heavy atom. The number of fused-ring (bicyclic) bond motifs is 5. The van der Waals surface area contributed by atoms with E-state index in [0.29, 0.717) is 35.4 Å². The molecule has 1 N–H and O–H groups in total. The van der Waals surface area contributed by atoms with Crippen LogP contribution < -0.4 is 5.56 Å². The first-order chi connectivity index (χ1) is 16.2. The van der Waals surface area contributed by atoms with E-state index >= 15 is 0 Å². The van der Waals surface area contributed by atoms with E-state index in [1.54, 1.807) is 17.6 Å². The monoisotopic (exact) mass is 461 g/mol. The van der Waals surface area contributed by atoms with Crippen molar-refractivity contribution in [2.75, 3.05) is 0 Å². The van der Waals surface area contributed by atoms with Crippen molar-refractivity contribution in [2.24, 2.45) is 0 Å². The summed E-state index contributed by atoms with van der Waals surface area (Å²) in [6.45, 7) is 11.5. The molecule has 0 spiro atoms. The molecule has 0 fully saturated rings. The van der Waals surface area contributed by atoms with Gasteiger partial charge >= 0.3 is 5.97 Å². The number of esters is 1. The van der Waals surface area contributed by atoms with Gasteiger partial charge in [-0.25, -0.2) is 9.78 Å². The summed E-state index contributed by atoms with van der Waals surface area (Å²) in [6.07, 6.45) is 0.128. The number of carbonyl (C=O) groups is 1. The minimum Gasteiger partial charge on any atom is -0.458 e. The van der Waals surface area contributed by atoms with E-state index < -0.39 is 11.6 Å². The lowest BCUT2D eigenvalue weighted by Gasteiger charge is -2.31. The van der Waals surface area contributed by atoms with E-state index in [1.165, 1.54) is 5.56 Å². The third kappa shape index (κ3) is 3.21. The van der Waals surface area contributed by atoms with Crippen LogP contribution in [-0.4, -0.2) is 37.6 Å². The molecule has 7 nitrogen and oxygen atoms in total. The zero-order valence-corrected chi connectivity index (χ0v) is 20.4. The third-order valence-electron chi connectivity index (χ3n) is 7.38. The summed E-state index contributed by atoms with van der Waals surface area (Å²) in [4.78, 5) is 33.4. The Hall–Kier alpha value is -3.03. The van der Waals surface area contributed by atoms with Crippen LogP contribution in [0.15, 0.2) is 35.1 Å². The van der Waals surface area contributed by atoms with Gasteiger partial charge in [-0.3, -0.25) is 9.69 Å². The van der Waals surface area contributed by atoms with Crippen molar-refractivity contribution < 1.29 is 14.6 Å². The van der Waals surface area contributed by atoms with Crippen molar-refractivity contribution in [2.45, 2.75) is 78.4 Å². The fourth-order valence-electron chi connectivity index (χ4n) is 5.44. The number of aromatic nitrogens is 2. The number of aliphatic hydroxyl groups is 1. The number of cyclic esters (lactones) is 1. The third-order valence-corrected chi connectivity index (χ3v) is 7.38. The maximum Gasteiger partial charge on any atom is 0.343 e. The van der Waals surface area contributed by atoms with E-state index in [4.69, 9.17) is 9.72 Å². The summed E-state index contributed by atoms with van der Waals surface area (Å²) in [5, 5.41) is 12.2. The minimum absolute atomic E-state index is 0.122. The highest BCUT2D eigenvalue weighted by molar-refractivity contribution is 5.89. The molecule has 2 aliphatic rings. The van der Waals surface area contributed by atoms with Crippen molar-refractivity contribution in [1.82, 2.24) is 14.5 Å². The second-order valence-corrected chi connectivity index (χ2v) is 9.90. The van der Waals surface area contributed by atoms with Crippen LogP contribution in [0.25, 0.3) is 22.3 Å². The van der Waals surface area contributed by atoms with Gasteiger partial charge in [-0.05, 0) is 51.8 Å². The van der Waals surface area contributed by atoms with Gasteiger partial charge in [-0.15, -0.1) is 0 Å². The van der Waals surface area contributed by atoms with Gasteiger partial charge in [0.15, 0.2) is 5.60 Å². The highest BCUT2D eigenvalue weighted by Crippen LogP contribution is 2.40. The Morgan fingerprint density at radius 2 is 1.85 bits per heavy atom. The van der Waals surface area contributed by atoms with Crippen LogP contribution in [0.2, 0.25) is 0 Å². The number of benzene rings is 1. The molecule has 0 radical (unpaired) electrons. The second-order valence-electron chi connectivity index (χ2n) is 9.90. The van der Waals surface area contributed by atoms with Gasteiger partial charge in [0.2, 0.25) is 0 Å². The molecule has 34 heavy (non-hydrogen) atoms. The van der Waals surface area contributed by atoms with E-state index in [9.17, 15) is 14.7 Å². The molecule has 178 valence electrons. The molecular weight excluding hydrogens is 430 g/mol. The summed E-state index contributed by atoms with van der Waals surface area (Å²) in [7, 11) is 0. The molecule has 0 aliphatic carbocycles. The zero-order valence-electron chi connectivity index (χ0n) is 20.4. The molecule has 1 aromatic carbocycles. The summed E-state index contributed by atoms with van der Waals surface area (Å²) in [6, 6.07) is 10.6. The van der Waals surface area contributed by atoms with Crippen molar-refractivity contribution in [1.29, 1.82) is 0 Å². The predicted molar refractivity (Wildman–Crippen MR) is 130 cm³/mol. The van der Waals surface area contributed by atoms with Crippen molar-refractivity contribution in [3.63, 3.8) is 0 Å². The fourth-order valence-corrected chi connectivity index (χ4v) is 5.44. The van der Waals surface area contributed by atoms with Gasteiger partial charge in [0.05, 0.1) is 29.0 Å². The zero-order chi connectivity index (χ0) is 24.4. The largest absolute Gasteiger partial charge is 0.458 e. The molecule has 0 bridgehead atoms.